The van der Waals surface area contributed by atoms with Crippen LogP contribution < -0.4 is 14.8 Å². The number of nitrogens with one attached hydrogen (secondary N) is 1. The van der Waals surface area contributed by atoms with E-state index in [1.54, 1.807) is 14.2 Å². The Balaban J connectivity index is 1.94. The second-order valence-electron chi connectivity index (χ2n) is 4.77. The van der Waals surface area contributed by atoms with Gasteiger partial charge in [-0.2, -0.15) is 0 Å². The molecule has 20 heavy (non-hydrogen) atoms. The molecule has 0 aliphatic heterocycles. The molecule has 5 nitrogen and oxygen atoms in total. The van der Waals surface area contributed by atoms with Gasteiger partial charge >= 0.3 is 0 Å². The Bertz CT molecular complexity index is 413. The fourth-order valence-corrected chi connectivity index (χ4v) is 2.35. The molecular formula is C15H23NO4. The van der Waals surface area contributed by atoms with Crippen molar-refractivity contribution in [3.63, 3.8) is 0 Å². The van der Waals surface area contributed by atoms with Crippen molar-refractivity contribution in [3.8, 4) is 11.5 Å². The Kier molecular flexibility index (Phi) is 5.64. The van der Waals surface area contributed by atoms with Crippen LogP contribution in [0.2, 0.25) is 0 Å². The minimum atomic E-state index is 0.0417. The summed E-state index contributed by atoms with van der Waals surface area (Å²) in [6.07, 6.45) is 1.01. The van der Waals surface area contributed by atoms with Crippen LogP contribution in [0.1, 0.15) is 6.42 Å². The van der Waals surface area contributed by atoms with Gasteiger partial charge in [0.2, 0.25) is 0 Å². The zero-order chi connectivity index (χ0) is 14.4. The molecule has 1 aliphatic carbocycles. The largest absolute Gasteiger partial charge is 0.493 e. The van der Waals surface area contributed by atoms with Gasteiger partial charge in [-0.1, -0.05) is 12.1 Å². The molecular weight excluding hydrogens is 258 g/mol. The van der Waals surface area contributed by atoms with E-state index in [1.807, 2.05) is 31.3 Å². The second kappa shape index (κ2) is 7.47. The third-order valence-electron chi connectivity index (χ3n) is 3.57. The summed E-state index contributed by atoms with van der Waals surface area (Å²) < 4.78 is 22.2. The van der Waals surface area contributed by atoms with Crippen molar-refractivity contribution in [1.29, 1.82) is 0 Å². The number of benzene rings is 1. The molecule has 1 aromatic carbocycles. The average Bonchev–Trinajstić information content (AvgIpc) is 2.47. The lowest BCUT2D eigenvalue weighted by Gasteiger charge is -2.43. The quantitative estimate of drug-likeness (QED) is 0.731. The molecule has 0 spiro atoms. The normalized spacial score (nSPS) is 25.1. The van der Waals surface area contributed by atoms with E-state index >= 15 is 0 Å². The maximum Gasteiger partial charge on any atom is 0.161 e. The van der Waals surface area contributed by atoms with Crippen molar-refractivity contribution in [3.05, 3.63) is 24.3 Å². The Morgan fingerprint density at radius 3 is 2.55 bits per heavy atom. The summed E-state index contributed by atoms with van der Waals surface area (Å²) in [5.74, 6) is 1.51. The van der Waals surface area contributed by atoms with Gasteiger partial charge in [-0.25, -0.2) is 0 Å². The number of methoxy groups -OCH3 is 2. The number of hydrogen-bond donors (Lipinski definition) is 1. The first-order valence-electron chi connectivity index (χ1n) is 6.87. The predicted octanol–water partition coefficient (Wildman–Crippen LogP) is 1.47. The van der Waals surface area contributed by atoms with Crippen LogP contribution in [-0.4, -0.2) is 52.7 Å². The zero-order valence-corrected chi connectivity index (χ0v) is 12.3. The molecule has 3 atom stereocenters. The van der Waals surface area contributed by atoms with Crippen LogP contribution in [0.25, 0.3) is 0 Å². The van der Waals surface area contributed by atoms with Gasteiger partial charge in [-0.15, -0.1) is 0 Å². The molecule has 1 fully saturated rings. The Hall–Kier alpha value is -1.30. The van der Waals surface area contributed by atoms with Crippen molar-refractivity contribution in [1.82, 2.24) is 5.32 Å². The number of ether oxygens (including phenoxy) is 4. The summed E-state index contributed by atoms with van der Waals surface area (Å²) in [5, 5.41) is 3.25. The minimum absolute atomic E-state index is 0.0417. The third-order valence-corrected chi connectivity index (χ3v) is 3.57. The van der Waals surface area contributed by atoms with Crippen LogP contribution in [0.15, 0.2) is 24.3 Å². The summed E-state index contributed by atoms with van der Waals surface area (Å²) in [6, 6.07) is 8.00. The van der Waals surface area contributed by atoms with Gasteiger partial charge in [0, 0.05) is 19.6 Å². The summed E-state index contributed by atoms with van der Waals surface area (Å²) in [5.41, 5.74) is 0. The fourth-order valence-electron chi connectivity index (χ4n) is 2.35. The maximum atomic E-state index is 6.02. The van der Waals surface area contributed by atoms with E-state index in [-0.39, 0.29) is 12.2 Å². The predicted molar refractivity (Wildman–Crippen MR) is 76.5 cm³/mol. The van der Waals surface area contributed by atoms with E-state index < -0.39 is 0 Å². The van der Waals surface area contributed by atoms with E-state index in [1.165, 1.54) is 0 Å². The molecule has 112 valence electrons. The van der Waals surface area contributed by atoms with E-state index in [4.69, 9.17) is 18.9 Å². The summed E-state index contributed by atoms with van der Waals surface area (Å²) in [7, 11) is 5.26. The highest BCUT2D eigenvalue weighted by Gasteiger charge is 2.43. The fraction of sp³-hybridized carbons (Fsp3) is 0.600. The van der Waals surface area contributed by atoms with E-state index in [2.05, 4.69) is 5.32 Å². The smallest absolute Gasteiger partial charge is 0.161 e. The Labute approximate surface area is 120 Å². The van der Waals surface area contributed by atoms with Gasteiger partial charge in [0.1, 0.15) is 12.2 Å². The van der Waals surface area contributed by atoms with Crippen LogP contribution in [0, 0.1) is 0 Å². The van der Waals surface area contributed by atoms with Crippen molar-refractivity contribution in [2.45, 2.75) is 24.7 Å². The van der Waals surface area contributed by atoms with Gasteiger partial charge in [0.05, 0.1) is 20.3 Å². The molecule has 5 heteroatoms. The highest BCUT2D eigenvalue weighted by Crippen LogP contribution is 2.33. The lowest BCUT2D eigenvalue weighted by molar-refractivity contribution is -0.114. The number of rotatable bonds is 8. The first-order chi connectivity index (χ1) is 9.80. The first-order valence-corrected chi connectivity index (χ1v) is 6.87. The Morgan fingerprint density at radius 2 is 1.90 bits per heavy atom. The molecule has 0 amide bonds. The lowest BCUT2D eigenvalue weighted by Crippen LogP contribution is -2.60. The summed E-state index contributed by atoms with van der Waals surface area (Å²) in [6.45, 7) is 1.17. The van der Waals surface area contributed by atoms with E-state index in [0.29, 0.717) is 19.3 Å². The first kappa shape index (κ1) is 15.1. The van der Waals surface area contributed by atoms with Crippen LogP contribution in [0.5, 0.6) is 11.5 Å². The maximum absolute atomic E-state index is 6.02. The van der Waals surface area contributed by atoms with Gasteiger partial charge in [-0.05, 0) is 19.2 Å². The van der Waals surface area contributed by atoms with Crippen molar-refractivity contribution < 1.29 is 18.9 Å². The molecule has 2 rings (SSSR count). The number of hydrogen-bond acceptors (Lipinski definition) is 5. The van der Waals surface area contributed by atoms with Crippen molar-refractivity contribution in [2.75, 3.05) is 34.5 Å². The Morgan fingerprint density at radius 1 is 1.15 bits per heavy atom. The monoisotopic (exact) mass is 281 g/mol. The topological polar surface area (TPSA) is 49.0 Å². The van der Waals surface area contributed by atoms with Crippen LogP contribution in [-0.2, 0) is 9.47 Å². The molecule has 0 bridgehead atoms. The molecule has 3 unspecified atom stereocenters. The van der Waals surface area contributed by atoms with Crippen LogP contribution >= 0.6 is 0 Å². The van der Waals surface area contributed by atoms with Gasteiger partial charge < -0.3 is 24.3 Å². The third kappa shape index (κ3) is 3.42. The molecule has 0 saturated heterocycles. The molecule has 1 aliphatic rings. The highest BCUT2D eigenvalue weighted by atomic mass is 16.6. The van der Waals surface area contributed by atoms with E-state index in [0.717, 1.165) is 17.9 Å². The average molecular weight is 281 g/mol. The SMILES string of the molecule is CNC1CC(Oc2ccccc2OC)C1OCCOC. The number of para-hydroxylation sites is 2. The second-order valence-corrected chi connectivity index (χ2v) is 4.77. The molecule has 0 radical (unpaired) electrons. The molecule has 1 aromatic rings. The lowest BCUT2D eigenvalue weighted by atomic mass is 9.85. The number of likely N-dealkylation sites (N-methyl/N-ethyl adjacent to an activating group) is 1. The van der Waals surface area contributed by atoms with Crippen LogP contribution in [0.3, 0.4) is 0 Å². The minimum Gasteiger partial charge on any atom is -0.493 e. The van der Waals surface area contributed by atoms with Crippen LogP contribution in [0.4, 0.5) is 0 Å². The summed E-state index contributed by atoms with van der Waals surface area (Å²) in [4.78, 5) is 0. The standard InChI is InChI=1S/C15H23NO4/c1-16-11-10-14(15(11)19-9-8-17-2)20-13-7-5-4-6-12(13)18-3/h4-7,11,14-16H,8-10H2,1-3H3. The zero-order valence-electron chi connectivity index (χ0n) is 12.3. The molecule has 0 aromatic heterocycles. The van der Waals surface area contributed by atoms with Gasteiger partial charge in [-0.3, -0.25) is 0 Å². The van der Waals surface area contributed by atoms with Crippen molar-refractivity contribution in [2.24, 2.45) is 0 Å². The van der Waals surface area contributed by atoms with Gasteiger partial charge in [0.15, 0.2) is 11.5 Å². The molecule has 0 heterocycles. The molecule has 1 saturated carbocycles. The van der Waals surface area contributed by atoms with Crippen molar-refractivity contribution >= 4 is 0 Å². The molecule has 1 N–H and O–H groups in total. The van der Waals surface area contributed by atoms with Gasteiger partial charge in [0.25, 0.3) is 0 Å². The van der Waals surface area contributed by atoms with E-state index in [9.17, 15) is 0 Å². The summed E-state index contributed by atoms with van der Waals surface area (Å²) >= 11 is 0. The highest BCUT2D eigenvalue weighted by molar-refractivity contribution is 5.39.